The van der Waals surface area contributed by atoms with Gasteiger partial charge in [-0.3, -0.25) is 9.78 Å². The van der Waals surface area contributed by atoms with Crippen molar-refractivity contribution in [2.24, 2.45) is 0 Å². The van der Waals surface area contributed by atoms with Crippen molar-refractivity contribution in [2.45, 2.75) is 44.6 Å². The number of aromatic nitrogens is 1. The summed E-state index contributed by atoms with van der Waals surface area (Å²) in [7, 11) is 0. The van der Waals surface area contributed by atoms with Crippen molar-refractivity contribution < 1.29 is 34.0 Å². The Morgan fingerprint density at radius 3 is 2.76 bits per heavy atom. The van der Waals surface area contributed by atoms with E-state index in [1.807, 2.05) is 24.3 Å². The van der Waals surface area contributed by atoms with Crippen molar-refractivity contribution in [1.29, 1.82) is 5.26 Å². The SMILES string of the molecule is N#Cc1cncc(COc2cc(O[C@H]3CCc4c(-c5ccc6c(c5)OCCO6)cccc43)c(Cl)cc2CN[C@@H](CCO)C(=O)O)c1. The van der Waals surface area contributed by atoms with Crippen LogP contribution in [0.1, 0.15) is 46.8 Å². The van der Waals surface area contributed by atoms with Crippen molar-refractivity contribution in [3.8, 4) is 40.2 Å². The zero-order valence-corrected chi connectivity index (χ0v) is 25.6. The average molecular weight is 642 g/mol. The zero-order valence-electron chi connectivity index (χ0n) is 24.9. The molecule has 1 aliphatic carbocycles. The monoisotopic (exact) mass is 641 g/mol. The summed E-state index contributed by atoms with van der Waals surface area (Å²) in [5.74, 6) is 1.28. The summed E-state index contributed by atoms with van der Waals surface area (Å²) in [6.45, 7) is 1.01. The quantitative estimate of drug-likeness (QED) is 0.178. The third-order valence-corrected chi connectivity index (χ3v) is 8.32. The normalized spacial score (nSPS) is 15.5. The van der Waals surface area contributed by atoms with E-state index in [1.54, 1.807) is 24.4 Å². The molecule has 0 bridgehead atoms. The fraction of sp³-hybridized carbons (Fsp3) is 0.286. The Hall–Kier alpha value is -4.82. The van der Waals surface area contributed by atoms with E-state index in [1.165, 1.54) is 11.8 Å². The van der Waals surface area contributed by atoms with Crippen molar-refractivity contribution >= 4 is 17.6 Å². The van der Waals surface area contributed by atoms with Crippen LogP contribution < -0.4 is 24.3 Å². The number of nitriles is 1. The molecular weight excluding hydrogens is 610 g/mol. The molecule has 3 aromatic carbocycles. The molecule has 0 saturated heterocycles. The van der Waals surface area contributed by atoms with Crippen molar-refractivity contribution in [1.82, 2.24) is 10.3 Å². The van der Waals surface area contributed by atoms with Gasteiger partial charge < -0.3 is 34.5 Å². The van der Waals surface area contributed by atoms with E-state index in [0.717, 1.165) is 41.0 Å². The number of aliphatic hydroxyl groups excluding tert-OH is 1. The minimum atomic E-state index is -1.07. The van der Waals surface area contributed by atoms with Crippen LogP contribution in [-0.2, 0) is 24.4 Å². The van der Waals surface area contributed by atoms with E-state index < -0.39 is 12.0 Å². The topological polar surface area (TPSA) is 143 Å². The molecule has 3 N–H and O–H groups in total. The molecule has 0 unspecified atom stereocenters. The first kappa shape index (κ1) is 31.2. The molecule has 236 valence electrons. The minimum Gasteiger partial charge on any atom is -0.488 e. The molecule has 4 aromatic rings. The first-order valence-corrected chi connectivity index (χ1v) is 15.4. The van der Waals surface area contributed by atoms with Crippen LogP contribution in [0.2, 0.25) is 5.02 Å². The first-order chi connectivity index (χ1) is 22.4. The number of aliphatic carboxylic acids is 1. The van der Waals surface area contributed by atoms with Gasteiger partial charge in [0, 0.05) is 42.7 Å². The molecule has 0 fully saturated rings. The lowest BCUT2D eigenvalue weighted by atomic mass is 9.96. The molecule has 2 aliphatic rings. The van der Waals surface area contributed by atoms with Crippen LogP contribution in [0.3, 0.4) is 0 Å². The van der Waals surface area contributed by atoms with E-state index in [4.69, 9.17) is 30.5 Å². The fourth-order valence-electron chi connectivity index (χ4n) is 5.78. The highest BCUT2D eigenvalue weighted by atomic mass is 35.5. The predicted octanol–water partition coefficient (Wildman–Crippen LogP) is 5.62. The van der Waals surface area contributed by atoms with E-state index in [-0.39, 0.29) is 32.3 Å². The second kappa shape index (κ2) is 14.1. The Kier molecular flexibility index (Phi) is 9.54. The van der Waals surface area contributed by atoms with Gasteiger partial charge in [-0.2, -0.15) is 5.26 Å². The van der Waals surface area contributed by atoms with Gasteiger partial charge in [0.2, 0.25) is 0 Å². The molecule has 1 aliphatic heterocycles. The molecule has 0 amide bonds. The number of ether oxygens (including phenoxy) is 4. The molecule has 11 heteroatoms. The van der Waals surface area contributed by atoms with Gasteiger partial charge >= 0.3 is 5.97 Å². The number of carboxylic acid groups (broad SMARTS) is 1. The zero-order chi connectivity index (χ0) is 32.0. The maximum absolute atomic E-state index is 11.7. The largest absolute Gasteiger partial charge is 0.488 e. The van der Waals surface area contributed by atoms with Crippen LogP contribution in [0.4, 0.5) is 0 Å². The van der Waals surface area contributed by atoms with Crippen molar-refractivity contribution in [2.75, 3.05) is 19.8 Å². The number of aliphatic hydroxyl groups is 1. The fourth-order valence-corrected chi connectivity index (χ4v) is 6.01. The number of nitrogens with one attached hydrogen (secondary N) is 1. The maximum atomic E-state index is 11.7. The summed E-state index contributed by atoms with van der Waals surface area (Å²) in [6, 6.07) is 18.4. The highest BCUT2D eigenvalue weighted by Crippen LogP contribution is 2.44. The highest BCUT2D eigenvalue weighted by Gasteiger charge is 2.28. The van der Waals surface area contributed by atoms with E-state index in [0.29, 0.717) is 46.4 Å². The van der Waals surface area contributed by atoms with Gasteiger partial charge in [0.05, 0.1) is 10.6 Å². The van der Waals surface area contributed by atoms with Crippen LogP contribution in [0.15, 0.2) is 67.0 Å². The summed E-state index contributed by atoms with van der Waals surface area (Å²) in [5.41, 5.74) is 6.14. The number of fused-ring (bicyclic) bond motifs is 2. The van der Waals surface area contributed by atoms with Gasteiger partial charge in [0.15, 0.2) is 11.5 Å². The van der Waals surface area contributed by atoms with Crippen LogP contribution in [0, 0.1) is 11.3 Å². The molecule has 46 heavy (non-hydrogen) atoms. The van der Waals surface area contributed by atoms with Crippen LogP contribution in [0.5, 0.6) is 23.0 Å². The number of hydrogen-bond donors (Lipinski definition) is 3. The molecule has 1 aromatic heterocycles. The highest BCUT2D eigenvalue weighted by molar-refractivity contribution is 6.32. The summed E-state index contributed by atoms with van der Waals surface area (Å²) in [5, 5.41) is 31.4. The minimum absolute atomic E-state index is 0.0441. The van der Waals surface area contributed by atoms with Crippen LogP contribution in [-0.4, -0.2) is 47.0 Å². The number of carboxylic acids is 1. The van der Waals surface area contributed by atoms with Gasteiger partial charge in [-0.1, -0.05) is 35.9 Å². The lowest BCUT2D eigenvalue weighted by Crippen LogP contribution is -2.37. The van der Waals surface area contributed by atoms with E-state index in [2.05, 4.69) is 28.5 Å². The van der Waals surface area contributed by atoms with Gasteiger partial charge in [-0.05, 0) is 65.8 Å². The molecule has 2 heterocycles. The van der Waals surface area contributed by atoms with Crippen LogP contribution >= 0.6 is 11.6 Å². The number of halogens is 1. The molecule has 2 atom stereocenters. The second-order valence-corrected chi connectivity index (χ2v) is 11.4. The number of benzene rings is 3. The molecule has 10 nitrogen and oxygen atoms in total. The lowest BCUT2D eigenvalue weighted by molar-refractivity contribution is -0.140. The van der Waals surface area contributed by atoms with Gasteiger partial charge in [0.1, 0.15) is 49.5 Å². The van der Waals surface area contributed by atoms with E-state index >= 15 is 0 Å². The third-order valence-electron chi connectivity index (χ3n) is 8.03. The molecule has 0 spiro atoms. The Bertz CT molecular complexity index is 1790. The van der Waals surface area contributed by atoms with E-state index in [9.17, 15) is 20.3 Å². The van der Waals surface area contributed by atoms with Crippen molar-refractivity contribution in [3.63, 3.8) is 0 Å². The summed E-state index contributed by atoms with van der Waals surface area (Å²) in [4.78, 5) is 15.8. The van der Waals surface area contributed by atoms with Gasteiger partial charge in [-0.15, -0.1) is 0 Å². The number of hydrogen-bond acceptors (Lipinski definition) is 9. The van der Waals surface area contributed by atoms with Gasteiger partial charge in [0.25, 0.3) is 0 Å². The predicted molar refractivity (Wildman–Crippen MR) is 169 cm³/mol. The second-order valence-electron chi connectivity index (χ2n) is 11.0. The Balaban J connectivity index is 1.26. The number of rotatable bonds is 12. The van der Waals surface area contributed by atoms with Crippen LogP contribution in [0.25, 0.3) is 11.1 Å². The van der Waals surface area contributed by atoms with Gasteiger partial charge in [-0.25, -0.2) is 0 Å². The standard InChI is InChI=1S/C35H32ClN3O7/c36-28-13-24(19-39-29(8-9-40)35(41)42)32(45-20-22-12-21(16-37)17-38-18-22)15-33(28)46-30-7-5-26-25(2-1-3-27(26)30)23-4-6-31-34(14-23)44-11-10-43-31/h1-4,6,12-15,17-18,29-30,39-40H,5,7-11,19-20H2,(H,41,42)/t29-,30-/m0/s1. The molecule has 0 radical (unpaired) electrons. The smallest absolute Gasteiger partial charge is 0.320 e. The Morgan fingerprint density at radius 2 is 1.96 bits per heavy atom. The third kappa shape index (κ3) is 6.87. The first-order valence-electron chi connectivity index (χ1n) is 15.0. The Labute approximate surface area is 271 Å². The number of nitrogens with zero attached hydrogens (tertiary/aromatic N) is 2. The maximum Gasteiger partial charge on any atom is 0.320 e. The molecule has 0 saturated carbocycles. The lowest BCUT2D eigenvalue weighted by Gasteiger charge is -2.21. The summed E-state index contributed by atoms with van der Waals surface area (Å²) in [6.07, 6.45) is 4.45. The Morgan fingerprint density at radius 1 is 1.11 bits per heavy atom. The molecular formula is C35H32ClN3O7. The number of pyridine rings is 1. The number of carbonyl (C=O) groups is 1. The van der Waals surface area contributed by atoms with Crippen molar-refractivity contribution in [3.05, 3.63) is 99.8 Å². The summed E-state index contributed by atoms with van der Waals surface area (Å²) >= 11 is 6.76. The molecule has 6 rings (SSSR count). The summed E-state index contributed by atoms with van der Waals surface area (Å²) < 4.78 is 24.2. The average Bonchev–Trinajstić information content (AvgIpc) is 3.49.